The molecule has 0 aliphatic heterocycles. The molecule has 0 fully saturated rings. The third kappa shape index (κ3) is 3.39. The molecule has 7 nitrogen and oxygen atoms in total. The number of benzene rings is 2. The summed E-state index contributed by atoms with van der Waals surface area (Å²) < 4.78 is 27.3. The maximum absolute atomic E-state index is 12.2. The molecule has 0 saturated heterocycles. The second-order valence-electron chi connectivity index (χ2n) is 6.87. The fourth-order valence-corrected chi connectivity index (χ4v) is 3.36. The van der Waals surface area contributed by atoms with Crippen molar-refractivity contribution in [2.45, 2.75) is 20.0 Å². The van der Waals surface area contributed by atoms with Gasteiger partial charge in [-0.3, -0.25) is 0 Å². The number of esters is 1. The molecule has 1 unspecified atom stereocenters. The van der Waals surface area contributed by atoms with Gasteiger partial charge in [-0.15, -0.1) is 0 Å². The molecule has 2 aromatic carbocycles. The fourth-order valence-electron chi connectivity index (χ4n) is 3.36. The number of hydrogen-bond donors (Lipinski definition) is 0. The van der Waals surface area contributed by atoms with Crippen molar-refractivity contribution in [2.75, 3.05) is 14.2 Å². The van der Waals surface area contributed by atoms with E-state index in [0.29, 0.717) is 44.9 Å². The van der Waals surface area contributed by atoms with Crippen LogP contribution in [-0.4, -0.2) is 26.3 Å². The highest BCUT2D eigenvalue weighted by Gasteiger charge is 2.19. The summed E-state index contributed by atoms with van der Waals surface area (Å²) in [5.74, 6) is 1.07. The molecule has 0 amide bonds. The van der Waals surface area contributed by atoms with E-state index >= 15 is 0 Å². The lowest BCUT2D eigenvalue weighted by molar-refractivity contribution is -0.147. The highest BCUT2D eigenvalue weighted by atomic mass is 16.6. The predicted molar refractivity (Wildman–Crippen MR) is 111 cm³/mol. The van der Waals surface area contributed by atoms with Gasteiger partial charge in [0.15, 0.2) is 17.4 Å². The third-order valence-electron chi connectivity index (χ3n) is 4.87. The second kappa shape index (κ2) is 7.59. The monoisotopic (exact) mass is 408 g/mol. The van der Waals surface area contributed by atoms with Crippen molar-refractivity contribution in [3.8, 4) is 22.8 Å². The van der Waals surface area contributed by atoms with E-state index in [0.717, 1.165) is 5.39 Å². The molecule has 4 rings (SSSR count). The molecule has 4 aromatic rings. The second-order valence-corrected chi connectivity index (χ2v) is 6.87. The van der Waals surface area contributed by atoms with Crippen molar-refractivity contribution >= 4 is 27.9 Å². The maximum Gasteiger partial charge on any atom is 0.346 e. The standard InChI is InChI=1S/C23H20O7/c1-12-8-19-15(10-18(12)28-13(2)23(25)27-4)16(11-21(24)29-19)20-9-14-6-5-7-17(26-3)22(14)30-20/h5-11,13H,1-4H3. The molecule has 0 bridgehead atoms. The van der Waals surface area contributed by atoms with E-state index in [2.05, 4.69) is 0 Å². The average molecular weight is 408 g/mol. The largest absolute Gasteiger partial charge is 0.493 e. The van der Waals surface area contributed by atoms with E-state index in [9.17, 15) is 9.59 Å². The lowest BCUT2D eigenvalue weighted by atomic mass is 10.0. The molecule has 0 aliphatic carbocycles. The van der Waals surface area contributed by atoms with Crippen LogP contribution in [0.4, 0.5) is 0 Å². The molecule has 0 spiro atoms. The summed E-state index contributed by atoms with van der Waals surface area (Å²) in [7, 11) is 2.87. The number of fused-ring (bicyclic) bond motifs is 2. The van der Waals surface area contributed by atoms with Crippen molar-refractivity contribution in [3.05, 3.63) is 58.4 Å². The number of hydrogen-bond acceptors (Lipinski definition) is 7. The number of para-hydroxylation sites is 1. The van der Waals surface area contributed by atoms with Gasteiger partial charge in [-0.25, -0.2) is 9.59 Å². The Labute approximate surface area is 171 Å². The molecule has 0 N–H and O–H groups in total. The molecule has 154 valence electrons. The number of methoxy groups -OCH3 is 2. The first-order chi connectivity index (χ1) is 14.4. The van der Waals surface area contributed by atoms with E-state index in [4.69, 9.17) is 23.0 Å². The van der Waals surface area contributed by atoms with Gasteiger partial charge < -0.3 is 23.0 Å². The highest BCUT2D eigenvalue weighted by Crippen LogP contribution is 2.37. The van der Waals surface area contributed by atoms with Crippen LogP contribution in [0.1, 0.15) is 12.5 Å². The molecule has 2 heterocycles. The van der Waals surface area contributed by atoms with Crippen LogP contribution in [0.2, 0.25) is 0 Å². The highest BCUT2D eigenvalue weighted by molar-refractivity contribution is 5.96. The first kappa shape index (κ1) is 19.6. The van der Waals surface area contributed by atoms with Crippen LogP contribution in [0.3, 0.4) is 0 Å². The molecule has 7 heteroatoms. The Hall–Kier alpha value is -3.74. The van der Waals surface area contributed by atoms with E-state index in [1.165, 1.54) is 13.2 Å². The number of furan rings is 1. The molecule has 0 radical (unpaired) electrons. The van der Waals surface area contributed by atoms with Crippen molar-refractivity contribution < 1.29 is 27.8 Å². The summed E-state index contributed by atoms with van der Waals surface area (Å²) >= 11 is 0. The molecule has 0 aliphatic rings. The van der Waals surface area contributed by atoms with Gasteiger partial charge in [0, 0.05) is 22.4 Å². The first-order valence-electron chi connectivity index (χ1n) is 9.31. The van der Waals surface area contributed by atoms with Crippen LogP contribution < -0.4 is 15.1 Å². The molecule has 2 aromatic heterocycles. The number of rotatable bonds is 5. The van der Waals surface area contributed by atoms with E-state index < -0.39 is 17.7 Å². The van der Waals surface area contributed by atoms with Gasteiger partial charge in [0.1, 0.15) is 17.1 Å². The summed E-state index contributed by atoms with van der Waals surface area (Å²) in [4.78, 5) is 23.9. The van der Waals surface area contributed by atoms with Gasteiger partial charge in [0.2, 0.25) is 0 Å². The van der Waals surface area contributed by atoms with Crippen LogP contribution >= 0.6 is 0 Å². The van der Waals surface area contributed by atoms with Crippen LogP contribution in [0.5, 0.6) is 11.5 Å². The summed E-state index contributed by atoms with van der Waals surface area (Å²) in [5.41, 5.74) is 1.74. The third-order valence-corrected chi connectivity index (χ3v) is 4.87. The smallest absolute Gasteiger partial charge is 0.346 e. The lowest BCUT2D eigenvalue weighted by Gasteiger charge is -2.15. The Bertz CT molecular complexity index is 1310. The van der Waals surface area contributed by atoms with Crippen molar-refractivity contribution in [3.63, 3.8) is 0 Å². The van der Waals surface area contributed by atoms with Gasteiger partial charge in [0.05, 0.1) is 14.2 Å². The minimum absolute atomic E-state index is 0.389. The zero-order chi connectivity index (χ0) is 21.4. The van der Waals surface area contributed by atoms with Crippen molar-refractivity contribution in [1.29, 1.82) is 0 Å². The van der Waals surface area contributed by atoms with Crippen LogP contribution in [0.25, 0.3) is 33.3 Å². The molecular formula is C23H20O7. The van der Waals surface area contributed by atoms with Crippen molar-refractivity contribution in [2.24, 2.45) is 0 Å². The average Bonchev–Trinajstić information content (AvgIpc) is 3.17. The summed E-state index contributed by atoms with van der Waals surface area (Å²) in [6.45, 7) is 3.41. The van der Waals surface area contributed by atoms with Gasteiger partial charge in [-0.2, -0.15) is 0 Å². The summed E-state index contributed by atoms with van der Waals surface area (Å²) in [6, 6.07) is 12.2. The molecular weight excluding hydrogens is 388 g/mol. The normalized spacial score (nSPS) is 12.1. The zero-order valence-corrected chi connectivity index (χ0v) is 17.0. The first-order valence-corrected chi connectivity index (χ1v) is 9.31. The number of carbonyl (C=O) groups is 1. The van der Waals surface area contributed by atoms with Gasteiger partial charge >= 0.3 is 11.6 Å². The molecule has 1 atom stereocenters. The number of ether oxygens (including phenoxy) is 3. The summed E-state index contributed by atoms with van der Waals surface area (Å²) in [6.07, 6.45) is -0.791. The van der Waals surface area contributed by atoms with Gasteiger partial charge in [0.25, 0.3) is 0 Å². The Morgan fingerprint density at radius 1 is 1.03 bits per heavy atom. The van der Waals surface area contributed by atoms with Gasteiger partial charge in [-0.05, 0) is 43.7 Å². The fraction of sp³-hybridized carbons (Fsp3) is 0.217. The van der Waals surface area contributed by atoms with Gasteiger partial charge in [-0.1, -0.05) is 12.1 Å². The Morgan fingerprint density at radius 2 is 1.83 bits per heavy atom. The molecule has 30 heavy (non-hydrogen) atoms. The number of aryl methyl sites for hydroxylation is 1. The van der Waals surface area contributed by atoms with E-state index in [1.54, 1.807) is 39.2 Å². The van der Waals surface area contributed by atoms with E-state index in [-0.39, 0.29) is 0 Å². The number of carbonyl (C=O) groups excluding carboxylic acids is 1. The molecule has 0 saturated carbocycles. The Kier molecular flexibility index (Phi) is 4.95. The van der Waals surface area contributed by atoms with E-state index in [1.807, 2.05) is 18.2 Å². The SMILES string of the molecule is COC(=O)C(C)Oc1cc2c(-c3cc4cccc(OC)c4o3)cc(=O)oc2cc1C. The lowest BCUT2D eigenvalue weighted by Crippen LogP contribution is -2.25. The van der Waals surface area contributed by atoms with Crippen LogP contribution in [0.15, 0.2) is 56.1 Å². The van der Waals surface area contributed by atoms with Crippen LogP contribution in [0, 0.1) is 6.92 Å². The zero-order valence-electron chi connectivity index (χ0n) is 17.0. The summed E-state index contributed by atoms with van der Waals surface area (Å²) in [5, 5.41) is 1.46. The topological polar surface area (TPSA) is 88.1 Å². The maximum atomic E-state index is 12.2. The Balaban J connectivity index is 1.90. The quantitative estimate of drug-likeness (QED) is 0.356. The van der Waals surface area contributed by atoms with Crippen LogP contribution in [-0.2, 0) is 9.53 Å². The Morgan fingerprint density at radius 3 is 2.57 bits per heavy atom. The minimum Gasteiger partial charge on any atom is -0.493 e. The van der Waals surface area contributed by atoms with Crippen molar-refractivity contribution in [1.82, 2.24) is 0 Å². The minimum atomic E-state index is -0.791. The predicted octanol–water partition coefficient (Wildman–Crippen LogP) is 4.46.